The van der Waals surface area contributed by atoms with Crippen molar-refractivity contribution < 1.29 is 4.79 Å². The van der Waals surface area contributed by atoms with Gasteiger partial charge in [-0.2, -0.15) is 0 Å². The molecule has 0 aliphatic carbocycles. The Morgan fingerprint density at radius 2 is 2.43 bits per heavy atom. The maximum Gasteiger partial charge on any atom is 0.212 e. The van der Waals surface area contributed by atoms with Gasteiger partial charge >= 0.3 is 0 Å². The molecule has 0 aliphatic rings. The van der Waals surface area contributed by atoms with E-state index in [1.54, 1.807) is 0 Å². The van der Waals surface area contributed by atoms with Crippen molar-refractivity contribution in [2.45, 2.75) is 0 Å². The maximum atomic E-state index is 9.44. The third-order valence-electron chi connectivity index (χ3n) is 0.323. The van der Waals surface area contributed by atoms with Gasteiger partial charge in [-0.05, 0) is 0 Å². The lowest BCUT2D eigenvalue weighted by Crippen LogP contribution is -2.05. The van der Waals surface area contributed by atoms with E-state index in [0.717, 1.165) is 0 Å². The first-order valence-corrected chi connectivity index (χ1v) is 1.74. The molecule has 1 N–H and O–H groups in total. The number of carbonyl (C=O) groups is 1. The second kappa shape index (κ2) is 4.88. The summed E-state index contributed by atoms with van der Waals surface area (Å²) < 4.78 is 0. The van der Waals surface area contributed by atoms with Crippen LogP contribution in [-0.2, 0) is 4.79 Å². The van der Waals surface area contributed by atoms with Crippen LogP contribution in [0.1, 0.15) is 0 Å². The number of hydrogen-bond acceptors (Lipinski definition) is 2. The van der Waals surface area contributed by atoms with Gasteiger partial charge in [-0.1, -0.05) is 6.58 Å². The molecule has 0 saturated carbocycles. The van der Waals surface area contributed by atoms with Gasteiger partial charge in [-0.15, -0.1) is 0 Å². The Labute approximate surface area is 41.8 Å². The zero-order valence-electron chi connectivity index (χ0n) is 3.79. The highest BCUT2D eigenvalue weighted by Gasteiger charge is 1.59. The largest absolute Gasteiger partial charge is 0.319 e. The lowest BCUT2D eigenvalue weighted by Gasteiger charge is -1.75. The van der Waals surface area contributed by atoms with Gasteiger partial charge in [-0.25, -0.2) is 4.99 Å². The van der Waals surface area contributed by atoms with E-state index in [2.05, 4.69) is 16.9 Å². The molecule has 7 heavy (non-hydrogen) atoms. The minimum atomic E-state index is 0.535. The van der Waals surface area contributed by atoms with Crippen molar-refractivity contribution >= 4 is 12.7 Å². The van der Waals surface area contributed by atoms with Gasteiger partial charge in [0.1, 0.15) is 0 Å². The molecule has 38 valence electrons. The monoisotopic (exact) mass is 98.0 g/mol. The fourth-order valence-corrected chi connectivity index (χ4v) is 0.126. The number of aliphatic imine (C=N–C) groups is 1. The molecule has 0 rings (SSSR count). The first-order chi connectivity index (χ1) is 3.41. The Morgan fingerprint density at radius 3 is 2.86 bits per heavy atom. The average molecular weight is 98.1 g/mol. The van der Waals surface area contributed by atoms with Crippen LogP contribution in [0.25, 0.3) is 0 Å². The topological polar surface area (TPSA) is 41.5 Å². The van der Waals surface area contributed by atoms with Crippen LogP contribution in [0.3, 0.4) is 0 Å². The predicted octanol–water partition coefficient (Wildman–Crippen LogP) is -0.0958. The van der Waals surface area contributed by atoms with Crippen molar-refractivity contribution in [2.24, 2.45) is 4.99 Å². The zero-order chi connectivity index (χ0) is 5.54. The van der Waals surface area contributed by atoms with Gasteiger partial charge < -0.3 is 5.32 Å². The smallest absolute Gasteiger partial charge is 0.212 e. The molecule has 0 aromatic carbocycles. The third kappa shape index (κ3) is 4.88. The molecule has 3 nitrogen and oxygen atoms in total. The van der Waals surface area contributed by atoms with Crippen LogP contribution in [0.5, 0.6) is 0 Å². The molecule has 0 atom stereocenters. The first-order valence-electron chi connectivity index (χ1n) is 1.74. The van der Waals surface area contributed by atoms with Crippen molar-refractivity contribution in [3.63, 3.8) is 0 Å². The summed E-state index contributed by atoms with van der Waals surface area (Å²) in [6.07, 6.45) is 3.11. The molecule has 3 heteroatoms. The van der Waals surface area contributed by atoms with Gasteiger partial charge in [0.25, 0.3) is 0 Å². The first kappa shape index (κ1) is 5.88. The Kier molecular flexibility index (Phi) is 4.10. The van der Waals surface area contributed by atoms with Crippen LogP contribution < -0.4 is 5.32 Å². The maximum absolute atomic E-state index is 9.44. The number of carbonyl (C=O) groups excluding carboxylic acids is 1. The van der Waals surface area contributed by atoms with E-state index < -0.39 is 0 Å². The van der Waals surface area contributed by atoms with Crippen LogP contribution in [0.15, 0.2) is 17.8 Å². The van der Waals surface area contributed by atoms with E-state index in [4.69, 9.17) is 0 Å². The van der Waals surface area contributed by atoms with Gasteiger partial charge in [0.2, 0.25) is 6.41 Å². The second-order valence-electron chi connectivity index (χ2n) is 0.745. The number of rotatable bonds is 3. The molecule has 0 aliphatic heterocycles. The fourth-order valence-electron chi connectivity index (χ4n) is 0.126. The van der Waals surface area contributed by atoms with Crippen molar-refractivity contribution in [3.05, 3.63) is 12.8 Å². The van der Waals surface area contributed by atoms with E-state index in [1.807, 2.05) is 0 Å². The van der Waals surface area contributed by atoms with Crippen molar-refractivity contribution in [1.29, 1.82) is 0 Å². The van der Waals surface area contributed by atoms with Crippen LogP contribution in [0.4, 0.5) is 0 Å². The molecule has 0 unspecified atom stereocenters. The summed E-state index contributed by atoms with van der Waals surface area (Å²) in [6, 6.07) is 0. The van der Waals surface area contributed by atoms with Crippen LogP contribution in [0.2, 0.25) is 0 Å². The van der Waals surface area contributed by atoms with E-state index >= 15 is 0 Å². The Hall–Kier alpha value is -1.12. The molecule has 0 saturated heterocycles. The quantitative estimate of drug-likeness (QED) is 0.299. The highest BCUT2D eigenvalue weighted by Crippen LogP contribution is 1.56. The Bertz CT molecular complexity index is 87.7. The molecule has 0 spiro atoms. The van der Waals surface area contributed by atoms with Gasteiger partial charge in [0.15, 0.2) is 0 Å². The summed E-state index contributed by atoms with van der Waals surface area (Å²) in [5.74, 6) is 0. The van der Waals surface area contributed by atoms with Gasteiger partial charge in [-0.3, -0.25) is 4.79 Å². The number of amides is 1. The minimum Gasteiger partial charge on any atom is -0.319 e. The lowest BCUT2D eigenvalue weighted by molar-refractivity contribution is -0.108. The number of hydrogen-bond donors (Lipinski definition) is 1. The van der Waals surface area contributed by atoms with Crippen molar-refractivity contribution in [2.75, 3.05) is 0 Å². The molecule has 0 fully saturated rings. The normalized spacial score (nSPS) is 8.57. The third-order valence-corrected chi connectivity index (χ3v) is 0.323. The summed E-state index contributed by atoms with van der Waals surface area (Å²) in [5.41, 5.74) is 0. The minimum absolute atomic E-state index is 0.535. The molecule has 0 aromatic heterocycles. The second-order valence-corrected chi connectivity index (χ2v) is 0.745. The van der Waals surface area contributed by atoms with E-state index in [0.29, 0.717) is 6.41 Å². The molecule has 0 bridgehead atoms. The SMILES string of the molecule is C=CN=CNC=O. The molecule has 0 aromatic rings. The summed E-state index contributed by atoms with van der Waals surface area (Å²) in [7, 11) is 0. The van der Waals surface area contributed by atoms with Crippen LogP contribution in [-0.4, -0.2) is 12.7 Å². The number of nitrogens with zero attached hydrogens (tertiary/aromatic N) is 1. The molecule has 0 radical (unpaired) electrons. The molecule has 1 amide bonds. The van der Waals surface area contributed by atoms with E-state index in [-0.39, 0.29) is 0 Å². The van der Waals surface area contributed by atoms with E-state index in [9.17, 15) is 4.79 Å². The average Bonchev–Trinajstić information content (AvgIpc) is 1.69. The highest BCUT2D eigenvalue weighted by atomic mass is 16.1. The fraction of sp³-hybridized carbons (Fsp3) is 0. The predicted molar refractivity (Wildman–Crippen MR) is 27.9 cm³/mol. The summed E-state index contributed by atoms with van der Waals surface area (Å²) in [5, 5.41) is 2.21. The summed E-state index contributed by atoms with van der Waals surface area (Å²) >= 11 is 0. The van der Waals surface area contributed by atoms with Gasteiger partial charge in [0.05, 0.1) is 6.34 Å². The van der Waals surface area contributed by atoms with Crippen molar-refractivity contribution in [3.8, 4) is 0 Å². The molecular formula is C4H6N2O. The van der Waals surface area contributed by atoms with Crippen LogP contribution in [0, 0.1) is 0 Å². The zero-order valence-corrected chi connectivity index (χ0v) is 3.79. The summed E-state index contributed by atoms with van der Waals surface area (Å²) in [6.45, 7) is 3.28. The molecule has 0 heterocycles. The van der Waals surface area contributed by atoms with Crippen LogP contribution >= 0.6 is 0 Å². The van der Waals surface area contributed by atoms with Gasteiger partial charge in [0, 0.05) is 6.20 Å². The van der Waals surface area contributed by atoms with Crippen molar-refractivity contribution in [1.82, 2.24) is 5.32 Å². The standard InChI is InChI=1S/C4H6N2O/c1-2-5-3-6-4-7/h2-4H,1H2,(H,5,6,7). The number of nitrogens with one attached hydrogen (secondary N) is 1. The summed E-state index contributed by atoms with van der Waals surface area (Å²) in [4.78, 5) is 12.9. The van der Waals surface area contributed by atoms with E-state index in [1.165, 1.54) is 12.5 Å². The Morgan fingerprint density at radius 1 is 1.71 bits per heavy atom. The molecular weight excluding hydrogens is 92.1 g/mol. The highest BCUT2D eigenvalue weighted by molar-refractivity contribution is 5.71. The lowest BCUT2D eigenvalue weighted by atomic mass is 11.0. The Balaban J connectivity index is 3.08.